The normalized spacial score (nSPS) is 10.8. The minimum atomic E-state index is -0.817. The van der Waals surface area contributed by atoms with Crippen LogP contribution in [0, 0.1) is 0 Å². The van der Waals surface area contributed by atoms with Gasteiger partial charge in [0, 0.05) is 32.0 Å². The van der Waals surface area contributed by atoms with Gasteiger partial charge in [0.2, 0.25) is 0 Å². The first-order valence-corrected chi connectivity index (χ1v) is 7.69. The van der Waals surface area contributed by atoms with E-state index < -0.39 is 5.97 Å². The molecule has 2 aromatic heterocycles. The molecule has 0 saturated heterocycles. The minimum absolute atomic E-state index is 0.0246. The van der Waals surface area contributed by atoms with Crippen molar-refractivity contribution in [2.75, 3.05) is 19.6 Å². The van der Waals surface area contributed by atoms with Crippen LogP contribution in [0.5, 0.6) is 0 Å². The first kappa shape index (κ1) is 17.1. The molecule has 0 aliphatic rings. The number of nitrogens with zero attached hydrogens (tertiary/aromatic N) is 3. The summed E-state index contributed by atoms with van der Waals surface area (Å²) in [6.07, 6.45) is 4.37. The summed E-state index contributed by atoms with van der Waals surface area (Å²) in [4.78, 5) is 21.4. The summed E-state index contributed by atoms with van der Waals surface area (Å²) in [6, 6.07) is 11.5. The SMILES string of the molecule is O=C(O)CN(CCCNCc1ccccn1)Cc1ccccn1. The summed E-state index contributed by atoms with van der Waals surface area (Å²) in [7, 11) is 0. The van der Waals surface area contributed by atoms with Crippen molar-refractivity contribution < 1.29 is 9.90 Å². The lowest BCUT2D eigenvalue weighted by Gasteiger charge is -2.19. The number of nitrogens with one attached hydrogen (secondary N) is 1. The zero-order valence-electron chi connectivity index (χ0n) is 13.1. The van der Waals surface area contributed by atoms with Crippen LogP contribution in [0.2, 0.25) is 0 Å². The molecule has 0 unspecified atom stereocenters. The smallest absolute Gasteiger partial charge is 0.317 e. The lowest BCUT2D eigenvalue weighted by Crippen LogP contribution is -2.32. The molecule has 2 N–H and O–H groups in total. The van der Waals surface area contributed by atoms with E-state index in [0.717, 1.165) is 30.9 Å². The van der Waals surface area contributed by atoms with Gasteiger partial charge in [0.25, 0.3) is 0 Å². The van der Waals surface area contributed by atoms with E-state index >= 15 is 0 Å². The molecule has 0 aliphatic carbocycles. The van der Waals surface area contributed by atoms with E-state index in [1.54, 1.807) is 12.4 Å². The Balaban J connectivity index is 1.71. The molecule has 6 nitrogen and oxygen atoms in total. The van der Waals surface area contributed by atoms with Crippen molar-refractivity contribution in [2.45, 2.75) is 19.5 Å². The molecule has 0 amide bonds. The summed E-state index contributed by atoms with van der Waals surface area (Å²) in [6.45, 7) is 2.82. The van der Waals surface area contributed by atoms with E-state index in [1.807, 2.05) is 41.3 Å². The van der Waals surface area contributed by atoms with Crippen LogP contribution >= 0.6 is 0 Å². The number of aromatic nitrogens is 2. The monoisotopic (exact) mass is 314 g/mol. The van der Waals surface area contributed by atoms with Gasteiger partial charge in [-0.25, -0.2) is 0 Å². The molecule has 6 heteroatoms. The standard InChI is InChI=1S/C17H22N4O2/c22-17(23)14-21(13-16-7-2-4-10-20-16)11-5-8-18-12-15-6-1-3-9-19-15/h1-4,6-7,9-10,18H,5,8,11-14H2,(H,22,23). The van der Waals surface area contributed by atoms with E-state index in [-0.39, 0.29) is 6.54 Å². The van der Waals surface area contributed by atoms with Gasteiger partial charge in [-0.1, -0.05) is 12.1 Å². The van der Waals surface area contributed by atoms with Gasteiger partial charge in [0.1, 0.15) is 0 Å². The third-order valence-corrected chi connectivity index (χ3v) is 3.33. The topological polar surface area (TPSA) is 78.4 Å². The first-order valence-electron chi connectivity index (χ1n) is 7.69. The fourth-order valence-corrected chi connectivity index (χ4v) is 2.27. The van der Waals surface area contributed by atoms with Crippen LogP contribution in [0.15, 0.2) is 48.8 Å². The molecule has 0 fully saturated rings. The first-order chi connectivity index (χ1) is 11.2. The zero-order valence-corrected chi connectivity index (χ0v) is 13.1. The molecule has 2 heterocycles. The molecule has 0 spiro atoms. The van der Waals surface area contributed by atoms with Gasteiger partial charge in [-0.2, -0.15) is 0 Å². The molecule has 0 atom stereocenters. The molecule has 0 saturated carbocycles. The maximum atomic E-state index is 11.0. The third kappa shape index (κ3) is 6.99. The molecule has 2 rings (SSSR count). The Bertz CT molecular complexity index is 578. The lowest BCUT2D eigenvalue weighted by molar-refractivity contribution is -0.138. The Morgan fingerprint density at radius 1 is 1.09 bits per heavy atom. The van der Waals surface area contributed by atoms with Gasteiger partial charge >= 0.3 is 5.97 Å². The molecular formula is C17H22N4O2. The van der Waals surface area contributed by atoms with E-state index in [4.69, 9.17) is 5.11 Å². The number of hydrogen-bond acceptors (Lipinski definition) is 5. The zero-order chi connectivity index (χ0) is 16.3. The van der Waals surface area contributed by atoms with Gasteiger partial charge in [0.05, 0.1) is 17.9 Å². The predicted molar refractivity (Wildman–Crippen MR) is 87.7 cm³/mol. The number of carboxylic acid groups (broad SMARTS) is 1. The van der Waals surface area contributed by atoms with Crippen molar-refractivity contribution in [3.63, 3.8) is 0 Å². The summed E-state index contributed by atoms with van der Waals surface area (Å²) < 4.78 is 0. The number of rotatable bonds is 10. The van der Waals surface area contributed by atoms with Gasteiger partial charge < -0.3 is 10.4 Å². The molecule has 23 heavy (non-hydrogen) atoms. The van der Waals surface area contributed by atoms with Crippen LogP contribution in [0.3, 0.4) is 0 Å². The predicted octanol–water partition coefficient (Wildman–Crippen LogP) is 1.54. The van der Waals surface area contributed by atoms with Gasteiger partial charge in [0.15, 0.2) is 0 Å². The highest BCUT2D eigenvalue weighted by Gasteiger charge is 2.10. The van der Waals surface area contributed by atoms with Gasteiger partial charge in [-0.15, -0.1) is 0 Å². The number of carbonyl (C=O) groups is 1. The number of carboxylic acids is 1. The van der Waals surface area contributed by atoms with Crippen LogP contribution in [0.4, 0.5) is 0 Å². The van der Waals surface area contributed by atoms with Crippen molar-refractivity contribution in [2.24, 2.45) is 0 Å². The highest BCUT2D eigenvalue weighted by atomic mass is 16.4. The Kier molecular flexibility index (Phi) is 7.16. The summed E-state index contributed by atoms with van der Waals surface area (Å²) >= 11 is 0. The van der Waals surface area contributed by atoms with Crippen LogP contribution in [0.25, 0.3) is 0 Å². The largest absolute Gasteiger partial charge is 0.480 e. The Morgan fingerprint density at radius 2 is 1.78 bits per heavy atom. The van der Waals surface area contributed by atoms with E-state index in [0.29, 0.717) is 13.1 Å². The van der Waals surface area contributed by atoms with E-state index in [1.165, 1.54) is 0 Å². The summed E-state index contributed by atoms with van der Waals surface area (Å²) in [5.41, 5.74) is 1.89. The second-order valence-electron chi connectivity index (χ2n) is 5.28. The molecule has 0 aromatic carbocycles. The molecule has 0 radical (unpaired) electrons. The summed E-state index contributed by atoms with van der Waals surface area (Å²) in [5.74, 6) is -0.817. The highest BCUT2D eigenvalue weighted by Crippen LogP contribution is 2.02. The fourth-order valence-electron chi connectivity index (χ4n) is 2.27. The Labute approximate surface area is 136 Å². The van der Waals surface area contributed by atoms with Crippen LogP contribution < -0.4 is 5.32 Å². The maximum absolute atomic E-state index is 11.0. The lowest BCUT2D eigenvalue weighted by atomic mass is 10.3. The fraction of sp³-hybridized carbons (Fsp3) is 0.353. The van der Waals surface area contributed by atoms with Crippen molar-refractivity contribution in [3.05, 3.63) is 60.2 Å². The molecule has 0 aliphatic heterocycles. The maximum Gasteiger partial charge on any atom is 0.317 e. The van der Waals surface area contributed by atoms with Crippen molar-refractivity contribution in [3.8, 4) is 0 Å². The molecule has 0 bridgehead atoms. The molecular weight excluding hydrogens is 292 g/mol. The number of hydrogen-bond donors (Lipinski definition) is 2. The number of pyridine rings is 2. The second-order valence-corrected chi connectivity index (χ2v) is 5.28. The van der Waals surface area contributed by atoms with Crippen molar-refractivity contribution in [1.29, 1.82) is 0 Å². The third-order valence-electron chi connectivity index (χ3n) is 3.33. The average molecular weight is 314 g/mol. The van der Waals surface area contributed by atoms with Crippen molar-refractivity contribution in [1.82, 2.24) is 20.2 Å². The van der Waals surface area contributed by atoms with Crippen LogP contribution in [-0.2, 0) is 17.9 Å². The van der Waals surface area contributed by atoms with E-state index in [2.05, 4.69) is 15.3 Å². The minimum Gasteiger partial charge on any atom is -0.480 e. The molecule has 122 valence electrons. The highest BCUT2D eigenvalue weighted by molar-refractivity contribution is 5.69. The average Bonchev–Trinajstić information content (AvgIpc) is 2.56. The quantitative estimate of drug-likeness (QED) is 0.648. The van der Waals surface area contributed by atoms with Gasteiger partial charge in [-0.3, -0.25) is 19.7 Å². The van der Waals surface area contributed by atoms with Crippen LogP contribution in [0.1, 0.15) is 17.8 Å². The second kappa shape index (κ2) is 9.66. The summed E-state index contributed by atoms with van der Waals surface area (Å²) in [5, 5.41) is 12.3. The Morgan fingerprint density at radius 3 is 2.39 bits per heavy atom. The van der Waals surface area contributed by atoms with Gasteiger partial charge in [-0.05, 0) is 37.2 Å². The van der Waals surface area contributed by atoms with E-state index in [9.17, 15) is 4.79 Å². The molecule has 2 aromatic rings. The number of aliphatic carboxylic acids is 1. The Hall–Kier alpha value is -2.31. The van der Waals surface area contributed by atoms with Crippen LogP contribution in [-0.4, -0.2) is 45.6 Å². The van der Waals surface area contributed by atoms with Crippen molar-refractivity contribution >= 4 is 5.97 Å².